The maximum absolute atomic E-state index is 9.70. The van der Waals surface area contributed by atoms with Gasteiger partial charge in [-0.3, -0.25) is 0 Å². The summed E-state index contributed by atoms with van der Waals surface area (Å²) in [6.07, 6.45) is 0.521. The number of oxime groups is 1. The third-order valence-electron chi connectivity index (χ3n) is 2.29. The highest BCUT2D eigenvalue weighted by atomic mass is 16.4. The van der Waals surface area contributed by atoms with Gasteiger partial charge in [0, 0.05) is 5.56 Å². The first-order chi connectivity index (χ1) is 7.59. The number of benzene rings is 1. The molecule has 1 aromatic rings. The van der Waals surface area contributed by atoms with Crippen LogP contribution in [0.4, 0.5) is 0 Å². The van der Waals surface area contributed by atoms with Crippen LogP contribution in [-0.2, 0) is 0 Å². The van der Waals surface area contributed by atoms with Crippen molar-refractivity contribution in [2.75, 3.05) is 0 Å². The molecule has 0 heterocycles. The lowest BCUT2D eigenvalue weighted by Crippen LogP contribution is -2.20. The van der Waals surface area contributed by atoms with Crippen LogP contribution >= 0.6 is 0 Å². The lowest BCUT2D eigenvalue weighted by molar-refractivity contribution is 0.118. The van der Waals surface area contributed by atoms with E-state index in [2.05, 4.69) is 17.0 Å². The van der Waals surface area contributed by atoms with E-state index in [1.165, 1.54) is 0 Å². The molecule has 1 aromatic carbocycles. The Morgan fingerprint density at radius 3 is 2.50 bits per heavy atom. The average molecular weight is 217 g/mol. The molecule has 0 amide bonds. The molecule has 0 saturated heterocycles. The zero-order valence-corrected chi connectivity index (χ0v) is 9.44. The number of hydrogen-bond acceptors (Lipinski definition) is 3. The summed E-state index contributed by atoms with van der Waals surface area (Å²) in [5.74, 6) is 5.35. The maximum Gasteiger partial charge on any atom is 0.159 e. The minimum Gasteiger partial charge on any atom is -0.410 e. The smallest absolute Gasteiger partial charge is 0.159 e. The van der Waals surface area contributed by atoms with E-state index in [1.807, 2.05) is 25.1 Å². The van der Waals surface area contributed by atoms with Crippen LogP contribution < -0.4 is 0 Å². The Balaban J connectivity index is 2.96. The topological polar surface area (TPSA) is 52.8 Å². The van der Waals surface area contributed by atoms with Gasteiger partial charge in [-0.1, -0.05) is 48.3 Å². The van der Waals surface area contributed by atoms with Gasteiger partial charge in [0.2, 0.25) is 0 Å². The highest BCUT2D eigenvalue weighted by molar-refractivity contribution is 6.12. The Bertz CT molecular complexity index is 424. The third-order valence-corrected chi connectivity index (χ3v) is 2.29. The molecule has 1 atom stereocenters. The lowest BCUT2D eigenvalue weighted by atomic mass is 10.0. The van der Waals surface area contributed by atoms with Crippen molar-refractivity contribution in [3.8, 4) is 11.8 Å². The van der Waals surface area contributed by atoms with Crippen LogP contribution in [0.3, 0.4) is 0 Å². The van der Waals surface area contributed by atoms with E-state index in [1.54, 1.807) is 19.1 Å². The Morgan fingerprint density at radius 2 is 2.00 bits per heavy atom. The van der Waals surface area contributed by atoms with Gasteiger partial charge in [0.1, 0.15) is 5.60 Å². The zero-order chi connectivity index (χ0) is 12.0. The van der Waals surface area contributed by atoms with Crippen molar-refractivity contribution >= 4 is 5.71 Å². The van der Waals surface area contributed by atoms with Gasteiger partial charge in [0.25, 0.3) is 0 Å². The molecule has 0 aromatic heterocycles. The molecule has 0 radical (unpaired) electrons. The molecule has 0 fully saturated rings. The molecule has 0 bridgehead atoms. The van der Waals surface area contributed by atoms with Gasteiger partial charge in [-0.15, -0.1) is 0 Å². The van der Waals surface area contributed by atoms with E-state index in [0.717, 1.165) is 5.56 Å². The van der Waals surface area contributed by atoms with Gasteiger partial charge in [-0.05, 0) is 19.3 Å². The zero-order valence-electron chi connectivity index (χ0n) is 9.44. The summed E-state index contributed by atoms with van der Waals surface area (Å²) in [6.45, 7) is 3.47. The SMILES string of the molecule is CCC(C)(O)C#C/C(=N\O)c1ccccc1. The van der Waals surface area contributed by atoms with Crippen molar-refractivity contribution in [2.45, 2.75) is 25.9 Å². The van der Waals surface area contributed by atoms with E-state index in [-0.39, 0.29) is 5.71 Å². The molecular formula is C13H15NO2. The molecule has 0 aliphatic heterocycles. The average Bonchev–Trinajstić information content (AvgIpc) is 2.31. The van der Waals surface area contributed by atoms with Gasteiger partial charge in [-0.25, -0.2) is 0 Å². The van der Waals surface area contributed by atoms with Gasteiger partial charge in [-0.2, -0.15) is 0 Å². The predicted octanol–water partition coefficient (Wildman–Crippen LogP) is 2.03. The van der Waals surface area contributed by atoms with Crippen LogP contribution in [-0.4, -0.2) is 21.6 Å². The van der Waals surface area contributed by atoms with Crippen LogP contribution in [0.2, 0.25) is 0 Å². The summed E-state index contributed by atoms with van der Waals surface area (Å²) >= 11 is 0. The summed E-state index contributed by atoms with van der Waals surface area (Å²) in [7, 11) is 0. The summed E-state index contributed by atoms with van der Waals surface area (Å²) < 4.78 is 0. The third kappa shape index (κ3) is 3.41. The molecule has 1 rings (SSSR count). The quantitative estimate of drug-likeness (QED) is 0.344. The molecule has 3 heteroatoms. The lowest BCUT2D eigenvalue weighted by Gasteiger charge is -2.11. The first kappa shape index (κ1) is 12.3. The summed E-state index contributed by atoms with van der Waals surface area (Å²) in [5.41, 5.74) is -0.0659. The van der Waals surface area contributed by atoms with Crippen molar-refractivity contribution in [2.24, 2.45) is 5.16 Å². The standard InChI is InChI=1S/C13H15NO2/c1-3-13(2,15)10-9-12(14-16)11-7-5-4-6-8-11/h4-8,15-16H,3H2,1-2H3/b14-12+. The summed E-state index contributed by atoms with van der Waals surface area (Å²) in [4.78, 5) is 0. The normalized spacial score (nSPS) is 14.8. The second kappa shape index (κ2) is 5.34. The molecule has 2 N–H and O–H groups in total. The molecule has 0 spiro atoms. The van der Waals surface area contributed by atoms with Crippen molar-refractivity contribution < 1.29 is 10.3 Å². The molecule has 1 unspecified atom stereocenters. The Labute approximate surface area is 95.4 Å². The summed E-state index contributed by atoms with van der Waals surface area (Å²) in [5, 5.41) is 21.7. The number of aliphatic hydroxyl groups is 1. The predicted molar refractivity (Wildman–Crippen MR) is 63.5 cm³/mol. The Hall–Kier alpha value is -1.79. The Kier molecular flexibility index (Phi) is 4.10. The van der Waals surface area contributed by atoms with E-state index in [9.17, 15) is 5.11 Å². The van der Waals surface area contributed by atoms with Crippen molar-refractivity contribution in [1.29, 1.82) is 0 Å². The van der Waals surface area contributed by atoms with E-state index in [0.29, 0.717) is 6.42 Å². The largest absolute Gasteiger partial charge is 0.410 e. The Morgan fingerprint density at radius 1 is 1.38 bits per heavy atom. The molecule has 0 aliphatic rings. The van der Waals surface area contributed by atoms with Crippen LogP contribution in [0, 0.1) is 11.8 Å². The molecule has 84 valence electrons. The van der Waals surface area contributed by atoms with Gasteiger partial charge >= 0.3 is 0 Å². The van der Waals surface area contributed by atoms with Crippen LogP contribution in [0.25, 0.3) is 0 Å². The molecule has 0 saturated carbocycles. The molecular weight excluding hydrogens is 202 g/mol. The maximum atomic E-state index is 9.70. The van der Waals surface area contributed by atoms with E-state index in [4.69, 9.17) is 5.21 Å². The van der Waals surface area contributed by atoms with Crippen LogP contribution in [0.5, 0.6) is 0 Å². The second-order valence-electron chi connectivity index (χ2n) is 3.69. The van der Waals surface area contributed by atoms with Gasteiger partial charge in [0.15, 0.2) is 5.71 Å². The second-order valence-corrected chi connectivity index (χ2v) is 3.69. The van der Waals surface area contributed by atoms with Crippen LogP contribution in [0.1, 0.15) is 25.8 Å². The van der Waals surface area contributed by atoms with Crippen LogP contribution in [0.15, 0.2) is 35.5 Å². The van der Waals surface area contributed by atoms with Gasteiger partial charge in [0.05, 0.1) is 0 Å². The summed E-state index contributed by atoms with van der Waals surface area (Å²) in [6, 6.07) is 9.13. The van der Waals surface area contributed by atoms with E-state index < -0.39 is 5.60 Å². The highest BCUT2D eigenvalue weighted by Crippen LogP contribution is 2.06. The first-order valence-corrected chi connectivity index (χ1v) is 5.12. The van der Waals surface area contributed by atoms with Crippen molar-refractivity contribution in [3.05, 3.63) is 35.9 Å². The fourth-order valence-electron chi connectivity index (χ4n) is 1.03. The minimum absolute atomic E-state index is 0.259. The molecule has 3 nitrogen and oxygen atoms in total. The number of nitrogens with zero attached hydrogens (tertiary/aromatic N) is 1. The molecule has 0 aliphatic carbocycles. The van der Waals surface area contributed by atoms with Gasteiger partial charge < -0.3 is 10.3 Å². The fourth-order valence-corrected chi connectivity index (χ4v) is 1.03. The highest BCUT2D eigenvalue weighted by Gasteiger charge is 2.13. The van der Waals surface area contributed by atoms with E-state index >= 15 is 0 Å². The monoisotopic (exact) mass is 217 g/mol. The minimum atomic E-state index is -1.05. The first-order valence-electron chi connectivity index (χ1n) is 5.12. The van der Waals surface area contributed by atoms with Crippen molar-refractivity contribution in [1.82, 2.24) is 0 Å². The fraction of sp³-hybridized carbons (Fsp3) is 0.308. The number of rotatable bonds is 2. The molecule has 16 heavy (non-hydrogen) atoms. The van der Waals surface area contributed by atoms with Crippen molar-refractivity contribution in [3.63, 3.8) is 0 Å². The number of hydrogen-bond donors (Lipinski definition) is 2.